The molecule has 25 heavy (non-hydrogen) atoms. The molecular weight excluding hydrogens is 314 g/mol. The average Bonchev–Trinajstić information content (AvgIpc) is 2.57. The standard InChI is InChI=1S/C21H25NO3/c1-14-10-17(19-21(3,4)13-25-20(23)22-19)11-15(2)18(14)24-12-16-8-6-5-7-9-16/h5-11,19H,12-13H2,1-4H3,(H,22,23)/t19-/m0/s1. The van der Waals surface area contributed by atoms with Gasteiger partial charge in [-0.25, -0.2) is 4.79 Å². The molecule has 132 valence electrons. The van der Waals surface area contributed by atoms with Crippen molar-refractivity contribution in [1.82, 2.24) is 5.32 Å². The van der Waals surface area contributed by atoms with E-state index in [2.05, 4.69) is 43.4 Å². The van der Waals surface area contributed by atoms with Crippen LogP contribution in [0.2, 0.25) is 0 Å². The van der Waals surface area contributed by atoms with E-state index >= 15 is 0 Å². The summed E-state index contributed by atoms with van der Waals surface area (Å²) in [5.41, 5.74) is 4.20. The van der Waals surface area contributed by atoms with Gasteiger partial charge in [0.05, 0.1) is 6.04 Å². The number of amides is 1. The van der Waals surface area contributed by atoms with Crippen LogP contribution in [0.15, 0.2) is 42.5 Å². The number of benzene rings is 2. The first-order valence-electron chi connectivity index (χ1n) is 8.58. The van der Waals surface area contributed by atoms with Gasteiger partial charge in [0.2, 0.25) is 0 Å². The smallest absolute Gasteiger partial charge is 0.407 e. The molecule has 0 spiro atoms. The number of aryl methyl sites for hydroxylation is 2. The van der Waals surface area contributed by atoms with Gasteiger partial charge in [-0.2, -0.15) is 0 Å². The SMILES string of the molecule is Cc1cc([C@@H]2NC(=O)OCC2(C)C)cc(C)c1OCc1ccccc1. The molecule has 0 radical (unpaired) electrons. The van der Waals surface area contributed by atoms with Crippen molar-refractivity contribution in [3.63, 3.8) is 0 Å². The van der Waals surface area contributed by atoms with Crippen LogP contribution in [0.3, 0.4) is 0 Å². The number of carbonyl (C=O) groups is 1. The summed E-state index contributed by atoms with van der Waals surface area (Å²) in [4.78, 5) is 11.7. The van der Waals surface area contributed by atoms with Crippen LogP contribution in [-0.4, -0.2) is 12.7 Å². The van der Waals surface area contributed by atoms with E-state index in [9.17, 15) is 4.79 Å². The van der Waals surface area contributed by atoms with Crippen LogP contribution >= 0.6 is 0 Å². The zero-order valence-electron chi connectivity index (χ0n) is 15.3. The third kappa shape index (κ3) is 3.78. The molecule has 1 aliphatic heterocycles. The van der Waals surface area contributed by atoms with E-state index in [1.165, 1.54) is 0 Å². The average molecular weight is 339 g/mol. The quantitative estimate of drug-likeness (QED) is 0.879. The largest absolute Gasteiger partial charge is 0.488 e. The molecule has 1 saturated heterocycles. The fourth-order valence-electron chi connectivity index (χ4n) is 3.33. The molecule has 4 heteroatoms. The van der Waals surface area contributed by atoms with Gasteiger partial charge in [0.25, 0.3) is 0 Å². The van der Waals surface area contributed by atoms with Crippen molar-refractivity contribution in [2.75, 3.05) is 6.61 Å². The lowest BCUT2D eigenvalue weighted by Gasteiger charge is -2.39. The maximum absolute atomic E-state index is 11.7. The lowest BCUT2D eigenvalue weighted by molar-refractivity contribution is 0.0387. The third-order valence-electron chi connectivity index (χ3n) is 4.66. The summed E-state index contributed by atoms with van der Waals surface area (Å²) in [5, 5.41) is 2.95. The fourth-order valence-corrected chi connectivity index (χ4v) is 3.33. The topological polar surface area (TPSA) is 47.6 Å². The van der Waals surface area contributed by atoms with Gasteiger partial charge in [0.15, 0.2) is 0 Å². The fraction of sp³-hybridized carbons (Fsp3) is 0.381. The van der Waals surface area contributed by atoms with Gasteiger partial charge in [-0.1, -0.05) is 56.3 Å². The molecule has 0 saturated carbocycles. The van der Waals surface area contributed by atoms with Crippen molar-refractivity contribution in [2.45, 2.75) is 40.3 Å². The minimum Gasteiger partial charge on any atom is -0.488 e. The van der Waals surface area contributed by atoms with Crippen LogP contribution in [-0.2, 0) is 11.3 Å². The van der Waals surface area contributed by atoms with Crippen LogP contribution < -0.4 is 10.1 Å². The lowest BCUT2D eigenvalue weighted by atomic mass is 9.79. The number of carbonyl (C=O) groups excluding carboxylic acids is 1. The Kier molecular flexibility index (Phi) is 4.71. The van der Waals surface area contributed by atoms with Crippen molar-refractivity contribution in [3.05, 3.63) is 64.7 Å². The van der Waals surface area contributed by atoms with E-state index in [1.807, 2.05) is 32.0 Å². The first-order chi connectivity index (χ1) is 11.9. The number of ether oxygens (including phenoxy) is 2. The summed E-state index contributed by atoms with van der Waals surface area (Å²) in [6.45, 7) is 9.24. The van der Waals surface area contributed by atoms with Gasteiger partial charge in [-0.15, -0.1) is 0 Å². The van der Waals surface area contributed by atoms with Crippen LogP contribution in [0, 0.1) is 19.3 Å². The highest BCUT2D eigenvalue weighted by Gasteiger charge is 2.38. The molecule has 3 rings (SSSR count). The molecule has 0 aromatic heterocycles. The van der Waals surface area contributed by atoms with E-state index < -0.39 is 0 Å². The molecule has 1 aliphatic rings. The van der Waals surface area contributed by atoms with Crippen LogP contribution in [0.5, 0.6) is 5.75 Å². The Bertz CT molecular complexity index is 745. The number of cyclic esters (lactones) is 1. The second-order valence-electron chi connectivity index (χ2n) is 7.40. The normalized spacial score (nSPS) is 19.0. The van der Waals surface area contributed by atoms with Crippen molar-refractivity contribution >= 4 is 6.09 Å². The van der Waals surface area contributed by atoms with Crippen LogP contribution in [0.1, 0.15) is 42.1 Å². The zero-order chi connectivity index (χ0) is 18.0. The molecule has 1 amide bonds. The second kappa shape index (κ2) is 6.79. The van der Waals surface area contributed by atoms with E-state index in [4.69, 9.17) is 9.47 Å². The molecule has 0 aliphatic carbocycles. The molecule has 1 N–H and O–H groups in total. The number of hydrogen-bond donors (Lipinski definition) is 1. The minimum atomic E-state index is -0.357. The number of alkyl carbamates (subject to hydrolysis) is 1. The molecule has 1 atom stereocenters. The highest BCUT2D eigenvalue weighted by molar-refractivity contribution is 5.69. The predicted octanol–water partition coefficient (Wildman–Crippen LogP) is 4.69. The van der Waals surface area contributed by atoms with Crippen molar-refractivity contribution in [1.29, 1.82) is 0 Å². The highest BCUT2D eigenvalue weighted by Crippen LogP contribution is 2.38. The molecule has 2 aromatic carbocycles. The Morgan fingerprint density at radius 2 is 1.80 bits per heavy atom. The van der Waals surface area contributed by atoms with Crippen molar-refractivity contribution < 1.29 is 14.3 Å². The lowest BCUT2D eigenvalue weighted by Crippen LogP contribution is -2.46. The summed E-state index contributed by atoms with van der Waals surface area (Å²) >= 11 is 0. The number of nitrogens with one attached hydrogen (secondary N) is 1. The van der Waals surface area contributed by atoms with Crippen molar-refractivity contribution in [2.24, 2.45) is 5.41 Å². The Labute approximate surface area is 149 Å². The van der Waals surface area contributed by atoms with E-state index in [-0.39, 0.29) is 17.6 Å². The monoisotopic (exact) mass is 339 g/mol. The summed E-state index contributed by atoms with van der Waals surface area (Å²) < 4.78 is 11.2. The van der Waals surface area contributed by atoms with E-state index in [1.54, 1.807) is 0 Å². The number of rotatable bonds is 4. The molecule has 0 bridgehead atoms. The second-order valence-corrected chi connectivity index (χ2v) is 7.40. The molecule has 1 heterocycles. The third-order valence-corrected chi connectivity index (χ3v) is 4.66. The van der Waals surface area contributed by atoms with Crippen LogP contribution in [0.25, 0.3) is 0 Å². The van der Waals surface area contributed by atoms with Gasteiger partial charge in [-0.3, -0.25) is 0 Å². The van der Waals surface area contributed by atoms with Gasteiger partial charge >= 0.3 is 6.09 Å². The molecule has 2 aromatic rings. The van der Waals surface area contributed by atoms with Gasteiger partial charge in [0.1, 0.15) is 19.0 Å². The molecule has 4 nitrogen and oxygen atoms in total. The predicted molar refractivity (Wildman–Crippen MR) is 97.7 cm³/mol. The summed E-state index contributed by atoms with van der Waals surface area (Å²) in [6.07, 6.45) is -0.357. The first-order valence-corrected chi connectivity index (χ1v) is 8.58. The molecule has 0 unspecified atom stereocenters. The molecular formula is C21H25NO3. The van der Waals surface area contributed by atoms with Gasteiger partial charge < -0.3 is 14.8 Å². The Hall–Kier alpha value is -2.49. The van der Waals surface area contributed by atoms with Crippen molar-refractivity contribution in [3.8, 4) is 5.75 Å². The molecule has 1 fully saturated rings. The van der Waals surface area contributed by atoms with E-state index in [0.29, 0.717) is 13.2 Å². The maximum atomic E-state index is 11.7. The minimum absolute atomic E-state index is 0.0747. The Morgan fingerprint density at radius 3 is 2.44 bits per heavy atom. The van der Waals surface area contributed by atoms with Gasteiger partial charge in [0, 0.05) is 5.41 Å². The summed E-state index contributed by atoms with van der Waals surface area (Å²) in [7, 11) is 0. The van der Waals surface area contributed by atoms with Crippen LogP contribution in [0.4, 0.5) is 4.79 Å². The first kappa shape index (κ1) is 17.3. The maximum Gasteiger partial charge on any atom is 0.407 e. The Morgan fingerprint density at radius 1 is 1.16 bits per heavy atom. The number of hydrogen-bond acceptors (Lipinski definition) is 3. The van der Waals surface area contributed by atoms with E-state index in [0.717, 1.165) is 28.0 Å². The zero-order valence-corrected chi connectivity index (χ0v) is 15.3. The Balaban J connectivity index is 1.83. The highest BCUT2D eigenvalue weighted by atomic mass is 16.6. The van der Waals surface area contributed by atoms with Gasteiger partial charge in [-0.05, 0) is 36.1 Å². The summed E-state index contributed by atoms with van der Waals surface area (Å²) in [6, 6.07) is 14.3. The summed E-state index contributed by atoms with van der Waals surface area (Å²) in [5.74, 6) is 0.906.